The number of carbonyl (C=O) groups is 1. The number of nitrogens with zero attached hydrogens (tertiary/aromatic N) is 2. The first-order chi connectivity index (χ1) is 16.0. The van der Waals surface area contributed by atoms with E-state index in [1.807, 2.05) is 42.5 Å². The Morgan fingerprint density at radius 3 is 2.39 bits per heavy atom. The number of piperazine rings is 1. The summed E-state index contributed by atoms with van der Waals surface area (Å²) in [7, 11) is 0. The Labute approximate surface area is 189 Å². The molecule has 5 rings (SSSR count). The van der Waals surface area contributed by atoms with Crippen molar-refractivity contribution in [3.05, 3.63) is 89.0 Å². The molecule has 1 amide bonds. The van der Waals surface area contributed by atoms with Crippen molar-refractivity contribution in [2.45, 2.75) is 6.42 Å². The zero-order chi connectivity index (χ0) is 22.8. The quantitative estimate of drug-likeness (QED) is 0.431. The zero-order valence-corrected chi connectivity index (χ0v) is 17.9. The standard InChI is InChI=1S/C25H23F2N5O/c26-19-12-17(13-20(27)15-19)11-16-1-6-23-22(14-16)24(31-30-23)29-25(33)18-2-4-21(5-3-18)32-9-7-28-8-10-32/h1-6,12-15,28H,7-11H2,(H2,29,30,31,33). The van der Waals surface area contributed by atoms with E-state index in [-0.39, 0.29) is 5.91 Å². The molecule has 4 aromatic rings. The Morgan fingerprint density at radius 1 is 0.939 bits per heavy atom. The monoisotopic (exact) mass is 447 g/mol. The smallest absolute Gasteiger partial charge is 0.256 e. The summed E-state index contributed by atoms with van der Waals surface area (Å²) in [5.74, 6) is -1.06. The van der Waals surface area contributed by atoms with Crippen molar-refractivity contribution in [3.8, 4) is 0 Å². The van der Waals surface area contributed by atoms with E-state index in [0.29, 0.717) is 23.4 Å². The largest absolute Gasteiger partial charge is 0.369 e. The minimum Gasteiger partial charge on any atom is -0.369 e. The number of rotatable bonds is 5. The molecule has 0 saturated carbocycles. The molecule has 0 unspecified atom stereocenters. The fourth-order valence-electron chi connectivity index (χ4n) is 4.14. The Hall–Kier alpha value is -3.78. The van der Waals surface area contributed by atoms with Crippen LogP contribution in [0.1, 0.15) is 21.5 Å². The summed E-state index contributed by atoms with van der Waals surface area (Å²) < 4.78 is 27.1. The number of halogens is 2. The van der Waals surface area contributed by atoms with Gasteiger partial charge in [0.05, 0.1) is 5.52 Å². The molecule has 1 aromatic heterocycles. The van der Waals surface area contributed by atoms with Crippen LogP contribution < -0.4 is 15.5 Å². The number of aromatic nitrogens is 2. The first-order valence-electron chi connectivity index (χ1n) is 10.8. The van der Waals surface area contributed by atoms with Gasteiger partial charge in [-0.1, -0.05) is 6.07 Å². The summed E-state index contributed by atoms with van der Waals surface area (Å²) in [6.07, 6.45) is 0.358. The Morgan fingerprint density at radius 2 is 1.67 bits per heavy atom. The van der Waals surface area contributed by atoms with Crippen molar-refractivity contribution in [3.63, 3.8) is 0 Å². The van der Waals surface area contributed by atoms with Gasteiger partial charge < -0.3 is 15.5 Å². The third-order valence-corrected chi connectivity index (χ3v) is 5.80. The van der Waals surface area contributed by atoms with Crippen LogP contribution in [0.25, 0.3) is 10.9 Å². The molecular formula is C25H23F2N5O. The van der Waals surface area contributed by atoms with Gasteiger partial charge in [0.15, 0.2) is 5.82 Å². The molecule has 8 heteroatoms. The highest BCUT2D eigenvalue weighted by Crippen LogP contribution is 2.24. The second kappa shape index (κ2) is 8.99. The third kappa shape index (κ3) is 4.70. The van der Waals surface area contributed by atoms with Crippen LogP contribution in [0.2, 0.25) is 0 Å². The van der Waals surface area contributed by atoms with Gasteiger partial charge in [-0.2, -0.15) is 5.10 Å². The van der Waals surface area contributed by atoms with Gasteiger partial charge in [-0.15, -0.1) is 0 Å². The maximum Gasteiger partial charge on any atom is 0.256 e. The number of hydrogen-bond donors (Lipinski definition) is 3. The summed E-state index contributed by atoms with van der Waals surface area (Å²) in [6, 6.07) is 16.6. The number of nitrogens with one attached hydrogen (secondary N) is 3. The van der Waals surface area contributed by atoms with E-state index in [1.165, 1.54) is 12.1 Å². The molecule has 1 saturated heterocycles. The second-order valence-corrected chi connectivity index (χ2v) is 8.14. The number of fused-ring (bicyclic) bond motifs is 1. The molecule has 3 aromatic carbocycles. The van der Waals surface area contributed by atoms with E-state index < -0.39 is 11.6 Å². The maximum absolute atomic E-state index is 13.5. The highest BCUT2D eigenvalue weighted by atomic mass is 19.1. The number of carbonyl (C=O) groups excluding carboxylic acids is 1. The molecular weight excluding hydrogens is 424 g/mol. The minimum absolute atomic E-state index is 0.257. The summed E-state index contributed by atoms with van der Waals surface area (Å²) in [5.41, 5.74) is 3.77. The number of H-pyrrole nitrogens is 1. The molecule has 1 aliphatic rings. The van der Waals surface area contributed by atoms with Crippen LogP contribution in [0.15, 0.2) is 60.7 Å². The summed E-state index contributed by atoms with van der Waals surface area (Å²) in [6.45, 7) is 3.78. The molecule has 0 spiro atoms. The van der Waals surface area contributed by atoms with Crippen LogP contribution in [-0.4, -0.2) is 42.3 Å². The van der Waals surface area contributed by atoms with Gasteiger partial charge in [0.1, 0.15) is 11.6 Å². The van der Waals surface area contributed by atoms with Crippen molar-refractivity contribution >= 4 is 28.3 Å². The molecule has 33 heavy (non-hydrogen) atoms. The van der Waals surface area contributed by atoms with Crippen LogP contribution in [0.4, 0.5) is 20.3 Å². The van der Waals surface area contributed by atoms with Crippen molar-refractivity contribution in [1.82, 2.24) is 15.5 Å². The van der Waals surface area contributed by atoms with Gasteiger partial charge in [0.25, 0.3) is 5.91 Å². The highest BCUT2D eigenvalue weighted by molar-refractivity contribution is 6.08. The lowest BCUT2D eigenvalue weighted by molar-refractivity contribution is 0.102. The summed E-state index contributed by atoms with van der Waals surface area (Å²) in [4.78, 5) is 15.1. The second-order valence-electron chi connectivity index (χ2n) is 8.14. The van der Waals surface area contributed by atoms with Gasteiger partial charge in [-0.05, 0) is 66.1 Å². The molecule has 0 aliphatic carbocycles. The van der Waals surface area contributed by atoms with E-state index >= 15 is 0 Å². The van der Waals surface area contributed by atoms with Crippen molar-refractivity contribution < 1.29 is 13.6 Å². The molecule has 1 fully saturated rings. The lowest BCUT2D eigenvalue weighted by Gasteiger charge is -2.29. The van der Waals surface area contributed by atoms with Crippen LogP contribution >= 0.6 is 0 Å². The minimum atomic E-state index is -0.606. The Bertz CT molecular complexity index is 1280. The van der Waals surface area contributed by atoms with Gasteiger partial charge in [-0.3, -0.25) is 9.89 Å². The lowest BCUT2D eigenvalue weighted by atomic mass is 10.0. The number of hydrogen-bond acceptors (Lipinski definition) is 4. The van der Waals surface area contributed by atoms with Crippen molar-refractivity contribution in [1.29, 1.82) is 0 Å². The molecule has 1 aliphatic heterocycles. The van der Waals surface area contributed by atoms with Gasteiger partial charge in [0, 0.05) is 48.9 Å². The normalized spacial score (nSPS) is 13.9. The van der Waals surface area contributed by atoms with Crippen LogP contribution in [-0.2, 0) is 6.42 Å². The maximum atomic E-state index is 13.5. The fraction of sp³-hybridized carbons (Fsp3) is 0.200. The van der Waals surface area contributed by atoms with Gasteiger partial charge in [0.2, 0.25) is 0 Å². The summed E-state index contributed by atoms with van der Waals surface area (Å²) >= 11 is 0. The van der Waals surface area contributed by atoms with Crippen molar-refractivity contribution in [2.75, 3.05) is 36.4 Å². The molecule has 0 radical (unpaired) electrons. The molecule has 168 valence electrons. The van der Waals surface area contributed by atoms with Crippen molar-refractivity contribution in [2.24, 2.45) is 0 Å². The highest BCUT2D eigenvalue weighted by Gasteiger charge is 2.14. The van der Waals surface area contributed by atoms with E-state index in [2.05, 4.69) is 25.7 Å². The van der Waals surface area contributed by atoms with Crippen LogP contribution in [0.3, 0.4) is 0 Å². The number of benzene rings is 3. The van der Waals surface area contributed by atoms with E-state index in [1.54, 1.807) is 0 Å². The average molecular weight is 447 g/mol. The Balaban J connectivity index is 1.33. The number of amides is 1. The van der Waals surface area contributed by atoms with Crippen LogP contribution in [0.5, 0.6) is 0 Å². The molecule has 3 N–H and O–H groups in total. The molecule has 6 nitrogen and oxygen atoms in total. The number of aromatic amines is 1. The molecule has 2 heterocycles. The predicted octanol–water partition coefficient (Wildman–Crippen LogP) is 4.09. The Kier molecular flexibility index (Phi) is 5.75. The molecule has 0 atom stereocenters. The van der Waals surface area contributed by atoms with Crippen LogP contribution in [0, 0.1) is 11.6 Å². The molecule has 0 bridgehead atoms. The first kappa shape index (κ1) is 21.1. The summed E-state index contributed by atoms with van der Waals surface area (Å²) in [5, 5.41) is 14.1. The zero-order valence-electron chi connectivity index (χ0n) is 17.9. The average Bonchev–Trinajstić information content (AvgIpc) is 3.21. The fourth-order valence-corrected chi connectivity index (χ4v) is 4.14. The van der Waals surface area contributed by atoms with E-state index in [4.69, 9.17) is 0 Å². The first-order valence-corrected chi connectivity index (χ1v) is 10.8. The predicted molar refractivity (Wildman–Crippen MR) is 125 cm³/mol. The van der Waals surface area contributed by atoms with Gasteiger partial charge in [-0.25, -0.2) is 8.78 Å². The van der Waals surface area contributed by atoms with Gasteiger partial charge >= 0.3 is 0 Å². The topological polar surface area (TPSA) is 73.0 Å². The SMILES string of the molecule is O=C(Nc1n[nH]c2ccc(Cc3cc(F)cc(F)c3)cc12)c1ccc(N2CCNCC2)cc1. The third-order valence-electron chi connectivity index (χ3n) is 5.80. The van der Waals surface area contributed by atoms with E-state index in [9.17, 15) is 13.6 Å². The number of anilines is 2. The van der Waals surface area contributed by atoms with E-state index in [0.717, 1.165) is 54.4 Å². The lowest BCUT2D eigenvalue weighted by Crippen LogP contribution is -2.43.